The topological polar surface area (TPSA) is 52.7 Å². The van der Waals surface area contributed by atoms with E-state index in [-0.39, 0.29) is 6.04 Å². The fourth-order valence-corrected chi connectivity index (χ4v) is 4.88. The quantitative estimate of drug-likeness (QED) is 0.742. The third-order valence-electron chi connectivity index (χ3n) is 4.36. The summed E-state index contributed by atoms with van der Waals surface area (Å²) >= 11 is 0. The second-order valence-corrected chi connectivity index (χ2v) is 8.28. The molecule has 0 bridgehead atoms. The number of hydrogen-bond donors (Lipinski definition) is 1. The van der Waals surface area contributed by atoms with Gasteiger partial charge in [-0.1, -0.05) is 44.2 Å². The first kappa shape index (κ1) is 19.4. The molecule has 1 fully saturated rings. The van der Waals surface area contributed by atoms with E-state index in [0.29, 0.717) is 13.1 Å². The molecule has 0 saturated carbocycles. The summed E-state index contributed by atoms with van der Waals surface area (Å²) in [4.78, 5) is 2.34. The number of rotatable bonds is 9. The van der Waals surface area contributed by atoms with Gasteiger partial charge >= 0.3 is 0 Å². The van der Waals surface area contributed by atoms with Crippen molar-refractivity contribution in [3.8, 4) is 0 Å². The van der Waals surface area contributed by atoms with Crippen LogP contribution in [0.1, 0.15) is 45.1 Å². The summed E-state index contributed by atoms with van der Waals surface area (Å²) in [5.41, 5.74) is 1.28. The summed E-state index contributed by atoms with van der Waals surface area (Å²) in [6.07, 6.45) is 3.62. The Morgan fingerprint density at radius 3 is 2.46 bits per heavy atom. The molecule has 6 heteroatoms. The number of benzene rings is 1. The molecule has 1 unspecified atom stereocenters. The van der Waals surface area contributed by atoms with E-state index in [1.54, 1.807) is 4.31 Å². The smallest absolute Gasteiger partial charge is 0.279 e. The van der Waals surface area contributed by atoms with Gasteiger partial charge in [-0.05, 0) is 37.8 Å². The lowest BCUT2D eigenvalue weighted by molar-refractivity contribution is 0.193. The average molecular weight is 354 g/mol. The second kappa shape index (κ2) is 9.51. The molecule has 0 radical (unpaired) electrons. The molecular weight excluding hydrogens is 322 g/mol. The molecule has 0 aliphatic carbocycles. The van der Waals surface area contributed by atoms with Crippen LogP contribution in [0.4, 0.5) is 0 Å². The van der Waals surface area contributed by atoms with Gasteiger partial charge in [0.15, 0.2) is 0 Å². The lowest BCUT2D eigenvalue weighted by Crippen LogP contribution is -2.51. The Morgan fingerprint density at radius 1 is 1.17 bits per heavy atom. The van der Waals surface area contributed by atoms with Crippen LogP contribution < -0.4 is 4.72 Å². The largest absolute Gasteiger partial charge is 0.298 e. The molecule has 1 aliphatic rings. The van der Waals surface area contributed by atoms with E-state index in [0.717, 1.165) is 45.3 Å². The van der Waals surface area contributed by atoms with E-state index in [1.165, 1.54) is 5.56 Å². The minimum absolute atomic E-state index is 0.00340. The number of piperidine rings is 1. The van der Waals surface area contributed by atoms with Crippen LogP contribution in [0.2, 0.25) is 0 Å². The molecule has 1 aromatic carbocycles. The van der Waals surface area contributed by atoms with Gasteiger partial charge in [0.25, 0.3) is 10.2 Å². The molecule has 1 saturated heterocycles. The molecule has 1 N–H and O–H groups in total. The summed E-state index contributed by atoms with van der Waals surface area (Å²) in [7, 11) is -3.39. The van der Waals surface area contributed by atoms with Crippen LogP contribution in [0, 0.1) is 0 Å². The van der Waals surface area contributed by atoms with Crippen LogP contribution in [0.5, 0.6) is 0 Å². The zero-order chi connectivity index (χ0) is 17.4. The highest BCUT2D eigenvalue weighted by atomic mass is 32.2. The van der Waals surface area contributed by atoms with Crippen LogP contribution in [-0.2, 0) is 16.8 Å². The van der Waals surface area contributed by atoms with E-state index < -0.39 is 10.2 Å². The molecule has 24 heavy (non-hydrogen) atoms. The van der Waals surface area contributed by atoms with E-state index >= 15 is 0 Å². The first-order chi connectivity index (χ1) is 11.5. The Hall–Kier alpha value is -0.950. The Morgan fingerprint density at radius 2 is 1.83 bits per heavy atom. The van der Waals surface area contributed by atoms with Crippen molar-refractivity contribution in [3.63, 3.8) is 0 Å². The van der Waals surface area contributed by atoms with Crippen molar-refractivity contribution >= 4 is 10.2 Å². The van der Waals surface area contributed by atoms with Crippen LogP contribution in [-0.4, -0.2) is 49.8 Å². The van der Waals surface area contributed by atoms with Crippen LogP contribution in [0.3, 0.4) is 0 Å². The predicted octanol–water partition coefficient (Wildman–Crippen LogP) is 2.61. The Balaban J connectivity index is 1.93. The number of hydrogen-bond acceptors (Lipinski definition) is 3. The van der Waals surface area contributed by atoms with Crippen molar-refractivity contribution in [1.29, 1.82) is 0 Å². The van der Waals surface area contributed by atoms with Gasteiger partial charge in [0.05, 0.1) is 0 Å². The fraction of sp³-hybridized carbons (Fsp3) is 0.667. The monoisotopic (exact) mass is 353 g/mol. The van der Waals surface area contributed by atoms with Crippen molar-refractivity contribution < 1.29 is 8.42 Å². The van der Waals surface area contributed by atoms with E-state index in [9.17, 15) is 8.42 Å². The Kier molecular flexibility index (Phi) is 7.68. The zero-order valence-corrected chi connectivity index (χ0v) is 15.8. The summed E-state index contributed by atoms with van der Waals surface area (Å²) in [5.74, 6) is 0. The number of nitrogens with one attached hydrogen (secondary N) is 1. The van der Waals surface area contributed by atoms with Gasteiger partial charge in [-0.2, -0.15) is 17.4 Å². The molecule has 0 amide bonds. The van der Waals surface area contributed by atoms with Crippen molar-refractivity contribution in [2.24, 2.45) is 0 Å². The summed E-state index contributed by atoms with van der Waals surface area (Å²) in [6.45, 7) is 7.89. The van der Waals surface area contributed by atoms with E-state index in [4.69, 9.17) is 0 Å². The molecule has 1 aliphatic heterocycles. The van der Waals surface area contributed by atoms with Crippen molar-refractivity contribution in [1.82, 2.24) is 13.9 Å². The highest BCUT2D eigenvalue weighted by Crippen LogP contribution is 2.15. The lowest BCUT2D eigenvalue weighted by atomic mass is 10.1. The number of likely N-dealkylation sites (tertiary alicyclic amines) is 1. The molecule has 5 nitrogen and oxygen atoms in total. The van der Waals surface area contributed by atoms with Crippen LogP contribution in [0.25, 0.3) is 0 Å². The average Bonchev–Trinajstić information content (AvgIpc) is 2.55. The van der Waals surface area contributed by atoms with Gasteiger partial charge in [-0.3, -0.25) is 4.90 Å². The lowest BCUT2D eigenvalue weighted by Gasteiger charge is -2.34. The van der Waals surface area contributed by atoms with Gasteiger partial charge in [-0.25, -0.2) is 0 Å². The molecule has 1 aromatic rings. The normalized spacial score (nSPS) is 19.7. The molecule has 0 aromatic heterocycles. The van der Waals surface area contributed by atoms with Crippen molar-refractivity contribution in [3.05, 3.63) is 35.9 Å². The third-order valence-corrected chi connectivity index (χ3v) is 6.03. The van der Waals surface area contributed by atoms with Crippen molar-refractivity contribution in [2.45, 2.75) is 52.1 Å². The first-order valence-electron chi connectivity index (χ1n) is 9.08. The number of nitrogens with zero attached hydrogens (tertiary/aromatic N) is 2. The maximum Gasteiger partial charge on any atom is 0.279 e. The second-order valence-electron chi connectivity index (χ2n) is 6.58. The van der Waals surface area contributed by atoms with Gasteiger partial charge in [0, 0.05) is 32.2 Å². The summed E-state index contributed by atoms with van der Waals surface area (Å²) < 4.78 is 29.8. The van der Waals surface area contributed by atoms with E-state index in [2.05, 4.69) is 21.8 Å². The Labute approximate surface area is 147 Å². The van der Waals surface area contributed by atoms with Crippen LogP contribution in [0.15, 0.2) is 30.3 Å². The zero-order valence-electron chi connectivity index (χ0n) is 14.9. The maximum atomic E-state index is 12.6. The highest BCUT2D eigenvalue weighted by Gasteiger charge is 2.27. The standard InChI is InChI=1S/C18H31N3O2S/c1-3-12-21(13-4-2)24(22,23)19-18-11-8-14-20(16-18)15-17-9-6-5-7-10-17/h5-7,9-10,18-19H,3-4,8,11-16H2,1-2H3. The molecule has 1 atom stereocenters. The van der Waals surface area contributed by atoms with E-state index in [1.807, 2.05) is 32.0 Å². The maximum absolute atomic E-state index is 12.6. The molecule has 0 spiro atoms. The van der Waals surface area contributed by atoms with Crippen molar-refractivity contribution in [2.75, 3.05) is 26.2 Å². The molecule has 2 rings (SSSR count). The van der Waals surface area contributed by atoms with Gasteiger partial charge in [0.1, 0.15) is 0 Å². The minimum atomic E-state index is -3.39. The minimum Gasteiger partial charge on any atom is -0.298 e. The van der Waals surface area contributed by atoms with Crippen LogP contribution >= 0.6 is 0 Å². The van der Waals surface area contributed by atoms with Gasteiger partial charge < -0.3 is 0 Å². The first-order valence-corrected chi connectivity index (χ1v) is 10.5. The summed E-state index contributed by atoms with van der Waals surface area (Å²) in [6, 6.07) is 10.4. The summed E-state index contributed by atoms with van der Waals surface area (Å²) in [5, 5.41) is 0. The van der Waals surface area contributed by atoms with Gasteiger partial charge in [0.2, 0.25) is 0 Å². The SMILES string of the molecule is CCCN(CCC)S(=O)(=O)NC1CCCN(Cc2ccccc2)C1. The molecule has 1 heterocycles. The molecule has 136 valence electrons. The molecular formula is C18H31N3O2S. The predicted molar refractivity (Wildman–Crippen MR) is 99.0 cm³/mol. The van der Waals surface area contributed by atoms with Gasteiger partial charge in [-0.15, -0.1) is 0 Å². The fourth-order valence-electron chi connectivity index (χ4n) is 3.27. The third kappa shape index (κ3) is 5.84. The highest BCUT2D eigenvalue weighted by molar-refractivity contribution is 7.87. The Bertz CT molecular complexity index is 571.